The molecular weight excluding hydrogens is 246 g/mol. The predicted molar refractivity (Wildman–Crippen MR) is 69.1 cm³/mol. The lowest BCUT2D eigenvalue weighted by atomic mass is 10.1. The van der Waals surface area contributed by atoms with Gasteiger partial charge in [0.15, 0.2) is 0 Å². The molecule has 0 saturated carbocycles. The van der Waals surface area contributed by atoms with Crippen LogP contribution >= 0.6 is 0 Å². The first-order valence-electron chi connectivity index (χ1n) is 5.95. The summed E-state index contributed by atoms with van der Waals surface area (Å²) in [6.45, 7) is 3.76. The highest BCUT2D eigenvalue weighted by Gasteiger charge is 2.39. The van der Waals surface area contributed by atoms with Gasteiger partial charge in [0.25, 0.3) is 5.91 Å². The second-order valence-corrected chi connectivity index (χ2v) is 4.63. The van der Waals surface area contributed by atoms with Gasteiger partial charge in [0.05, 0.1) is 0 Å². The first-order chi connectivity index (χ1) is 8.93. The smallest absolute Gasteiger partial charge is 0.309 e. The number of nitrogens with one attached hydrogen (secondary N) is 1. The first kappa shape index (κ1) is 13.1. The fourth-order valence-corrected chi connectivity index (χ4v) is 2.22. The number of carbonyl (C=O) groups is 3. The molecule has 6 nitrogen and oxygen atoms in total. The van der Waals surface area contributed by atoms with Gasteiger partial charge in [-0.05, 0) is 19.9 Å². The number of anilines is 1. The Hall–Kier alpha value is -2.37. The zero-order valence-electron chi connectivity index (χ0n) is 10.7. The summed E-state index contributed by atoms with van der Waals surface area (Å²) in [6, 6.07) is 6.27. The molecule has 1 heterocycles. The number of amides is 3. The predicted octanol–water partition coefficient (Wildman–Crippen LogP) is 0.0842. The number of nitrogens with two attached hydrogens (primary N) is 1. The van der Waals surface area contributed by atoms with E-state index in [-0.39, 0.29) is 11.9 Å². The number of para-hydroxylation sites is 1. The van der Waals surface area contributed by atoms with Crippen LogP contribution in [0.25, 0.3) is 0 Å². The standard InChI is InChI=1S/C13H15N3O3/c1-7(2)16-9-6-4-3-5-8(9)10(13(16)19)15-12(18)11(14)17/h3-7,10H,1-2H3,(H2,14,17)(H,15,18). The zero-order chi connectivity index (χ0) is 14.2. The summed E-state index contributed by atoms with van der Waals surface area (Å²) in [4.78, 5) is 36.1. The van der Waals surface area contributed by atoms with Crippen molar-refractivity contribution in [2.75, 3.05) is 4.90 Å². The summed E-state index contributed by atoms with van der Waals surface area (Å²) in [5, 5.41) is 2.36. The van der Waals surface area contributed by atoms with Crippen molar-refractivity contribution in [1.82, 2.24) is 5.32 Å². The number of fused-ring (bicyclic) bond motifs is 1. The fourth-order valence-electron chi connectivity index (χ4n) is 2.22. The van der Waals surface area contributed by atoms with Crippen molar-refractivity contribution in [2.24, 2.45) is 5.73 Å². The molecule has 1 aromatic rings. The summed E-state index contributed by atoms with van der Waals surface area (Å²) in [5.74, 6) is -2.32. The van der Waals surface area contributed by atoms with Gasteiger partial charge in [-0.2, -0.15) is 0 Å². The minimum absolute atomic E-state index is 0.0378. The third-order valence-corrected chi connectivity index (χ3v) is 3.01. The Balaban J connectivity index is 2.39. The molecule has 6 heteroatoms. The van der Waals surface area contributed by atoms with Crippen LogP contribution in [-0.2, 0) is 14.4 Å². The number of hydrogen-bond acceptors (Lipinski definition) is 3. The lowest BCUT2D eigenvalue weighted by molar-refractivity contribution is -0.138. The highest BCUT2D eigenvalue weighted by molar-refractivity contribution is 6.35. The maximum atomic E-state index is 12.3. The van der Waals surface area contributed by atoms with Gasteiger partial charge < -0.3 is 16.0 Å². The van der Waals surface area contributed by atoms with Gasteiger partial charge >= 0.3 is 11.8 Å². The summed E-state index contributed by atoms with van der Waals surface area (Å²) < 4.78 is 0. The largest absolute Gasteiger partial charge is 0.361 e. The Morgan fingerprint density at radius 3 is 2.53 bits per heavy atom. The molecule has 0 fully saturated rings. The van der Waals surface area contributed by atoms with E-state index in [1.807, 2.05) is 26.0 Å². The van der Waals surface area contributed by atoms with Crippen LogP contribution in [0.3, 0.4) is 0 Å². The van der Waals surface area contributed by atoms with Crippen LogP contribution in [0.15, 0.2) is 24.3 Å². The topological polar surface area (TPSA) is 92.5 Å². The van der Waals surface area contributed by atoms with Gasteiger partial charge in [0, 0.05) is 17.3 Å². The fraction of sp³-hybridized carbons (Fsp3) is 0.308. The van der Waals surface area contributed by atoms with Crippen LogP contribution in [0.2, 0.25) is 0 Å². The highest BCUT2D eigenvalue weighted by Crippen LogP contribution is 2.36. The molecule has 19 heavy (non-hydrogen) atoms. The van der Waals surface area contributed by atoms with Crippen molar-refractivity contribution >= 4 is 23.4 Å². The van der Waals surface area contributed by atoms with E-state index in [1.165, 1.54) is 0 Å². The molecular formula is C13H15N3O3. The lowest BCUT2D eigenvalue weighted by Gasteiger charge is -2.22. The molecule has 100 valence electrons. The number of nitrogens with zero attached hydrogens (tertiary/aromatic N) is 1. The average molecular weight is 261 g/mol. The van der Waals surface area contributed by atoms with Crippen molar-refractivity contribution in [1.29, 1.82) is 0 Å². The zero-order valence-corrected chi connectivity index (χ0v) is 10.7. The van der Waals surface area contributed by atoms with E-state index in [9.17, 15) is 14.4 Å². The molecule has 1 aliphatic rings. The van der Waals surface area contributed by atoms with Crippen molar-refractivity contribution < 1.29 is 14.4 Å². The summed E-state index contributed by atoms with van der Waals surface area (Å²) >= 11 is 0. The van der Waals surface area contributed by atoms with Crippen LogP contribution in [0.5, 0.6) is 0 Å². The molecule has 0 radical (unpaired) electrons. The third kappa shape index (κ3) is 2.16. The van der Waals surface area contributed by atoms with Crippen molar-refractivity contribution in [3.8, 4) is 0 Å². The molecule has 3 amide bonds. The number of hydrogen-bond donors (Lipinski definition) is 2. The van der Waals surface area contributed by atoms with E-state index in [4.69, 9.17) is 5.73 Å². The molecule has 2 rings (SSSR count). The number of benzene rings is 1. The van der Waals surface area contributed by atoms with Crippen LogP contribution in [0.1, 0.15) is 25.5 Å². The Morgan fingerprint density at radius 1 is 1.32 bits per heavy atom. The Morgan fingerprint density at radius 2 is 1.95 bits per heavy atom. The Bertz CT molecular complexity index is 554. The van der Waals surface area contributed by atoms with E-state index in [0.717, 1.165) is 5.69 Å². The van der Waals surface area contributed by atoms with Crippen molar-refractivity contribution in [3.63, 3.8) is 0 Å². The first-order valence-corrected chi connectivity index (χ1v) is 5.95. The normalized spacial score (nSPS) is 17.5. The maximum absolute atomic E-state index is 12.3. The van der Waals surface area contributed by atoms with Crippen LogP contribution in [0.4, 0.5) is 5.69 Å². The van der Waals surface area contributed by atoms with Crippen molar-refractivity contribution in [2.45, 2.75) is 25.9 Å². The molecule has 1 atom stereocenters. The average Bonchev–Trinajstić information content (AvgIpc) is 2.62. The highest BCUT2D eigenvalue weighted by atomic mass is 16.2. The summed E-state index contributed by atoms with van der Waals surface area (Å²) in [6.07, 6.45) is 0. The minimum Gasteiger partial charge on any atom is -0.361 e. The Labute approximate surface area is 110 Å². The van der Waals surface area contributed by atoms with Gasteiger partial charge in [-0.1, -0.05) is 18.2 Å². The van der Waals surface area contributed by atoms with Gasteiger partial charge in [0.2, 0.25) is 0 Å². The third-order valence-electron chi connectivity index (χ3n) is 3.01. The van der Waals surface area contributed by atoms with Crippen LogP contribution < -0.4 is 16.0 Å². The quantitative estimate of drug-likeness (QED) is 0.739. The molecule has 0 saturated heterocycles. The molecule has 3 N–H and O–H groups in total. The molecule has 0 aromatic heterocycles. The van der Waals surface area contributed by atoms with E-state index in [0.29, 0.717) is 5.56 Å². The molecule has 0 aliphatic carbocycles. The maximum Gasteiger partial charge on any atom is 0.309 e. The molecule has 1 aromatic carbocycles. The Kier molecular flexibility index (Phi) is 3.25. The molecule has 0 bridgehead atoms. The van der Waals surface area contributed by atoms with E-state index in [1.54, 1.807) is 17.0 Å². The van der Waals surface area contributed by atoms with E-state index in [2.05, 4.69) is 5.32 Å². The number of primary amides is 1. The van der Waals surface area contributed by atoms with Gasteiger partial charge in [-0.25, -0.2) is 0 Å². The molecule has 1 aliphatic heterocycles. The lowest BCUT2D eigenvalue weighted by Crippen LogP contribution is -2.44. The monoisotopic (exact) mass is 261 g/mol. The second kappa shape index (κ2) is 4.72. The van der Waals surface area contributed by atoms with Gasteiger partial charge in [-0.3, -0.25) is 14.4 Å². The summed E-state index contributed by atoms with van der Waals surface area (Å²) in [5.41, 5.74) is 6.32. The SMILES string of the molecule is CC(C)N1C(=O)C(NC(=O)C(N)=O)c2ccccc21. The second-order valence-electron chi connectivity index (χ2n) is 4.63. The van der Waals surface area contributed by atoms with Crippen molar-refractivity contribution in [3.05, 3.63) is 29.8 Å². The summed E-state index contributed by atoms with van der Waals surface area (Å²) in [7, 11) is 0. The van der Waals surface area contributed by atoms with Gasteiger partial charge in [-0.15, -0.1) is 0 Å². The molecule has 0 spiro atoms. The minimum atomic E-state index is -1.10. The number of carbonyl (C=O) groups excluding carboxylic acids is 3. The number of rotatable bonds is 2. The van der Waals surface area contributed by atoms with Gasteiger partial charge in [0.1, 0.15) is 6.04 Å². The molecule has 1 unspecified atom stereocenters. The van der Waals surface area contributed by atoms with E-state index < -0.39 is 17.9 Å². The van der Waals surface area contributed by atoms with Crippen LogP contribution in [0, 0.1) is 0 Å². The van der Waals surface area contributed by atoms with Crippen LogP contribution in [-0.4, -0.2) is 23.8 Å². The van der Waals surface area contributed by atoms with E-state index >= 15 is 0 Å².